The third kappa shape index (κ3) is 5.11. The normalized spacial score (nSPS) is 11.0. The summed E-state index contributed by atoms with van der Waals surface area (Å²) in [5.74, 6) is -0.0959. The number of carbonyl (C=O) groups is 1. The molecule has 8 heteroatoms. The minimum atomic E-state index is -4.01. The molecule has 0 heterocycles. The number of anilines is 2. The number of ether oxygens (including phenoxy) is 1. The molecule has 0 bridgehead atoms. The molecule has 0 aliphatic heterocycles. The number of hydrogen-bond donors (Lipinski definition) is 1. The molecular formula is C22H21IN2O4S. The molecule has 0 aliphatic rings. The monoisotopic (exact) mass is 536 g/mol. The number of amides is 1. The average Bonchev–Trinajstić information content (AvgIpc) is 2.74. The number of hydrogen-bond acceptors (Lipinski definition) is 4. The van der Waals surface area contributed by atoms with E-state index in [9.17, 15) is 13.2 Å². The molecule has 156 valence electrons. The van der Waals surface area contributed by atoms with Crippen molar-refractivity contribution in [2.24, 2.45) is 0 Å². The molecule has 0 aliphatic carbocycles. The topological polar surface area (TPSA) is 75.7 Å². The van der Waals surface area contributed by atoms with Crippen molar-refractivity contribution >= 4 is 49.9 Å². The molecular weight excluding hydrogens is 515 g/mol. The molecule has 0 unspecified atom stereocenters. The number of rotatable bonds is 7. The van der Waals surface area contributed by atoms with Gasteiger partial charge in [0.2, 0.25) is 5.91 Å². The van der Waals surface area contributed by atoms with Crippen LogP contribution in [-0.2, 0) is 14.8 Å². The fraction of sp³-hybridized carbons (Fsp3) is 0.136. The average molecular weight is 536 g/mol. The SMILES string of the molecule is COc1ccc(C)cc1N(CC(=O)Nc1ccc(I)cc1)S(=O)(=O)c1ccccc1. The highest BCUT2D eigenvalue weighted by molar-refractivity contribution is 14.1. The van der Waals surface area contributed by atoms with Gasteiger partial charge in [-0.1, -0.05) is 24.3 Å². The van der Waals surface area contributed by atoms with Gasteiger partial charge in [-0.3, -0.25) is 9.10 Å². The quantitative estimate of drug-likeness (QED) is 0.453. The maximum atomic E-state index is 13.4. The van der Waals surface area contributed by atoms with E-state index in [0.717, 1.165) is 13.4 Å². The summed E-state index contributed by atoms with van der Waals surface area (Å²) in [6.45, 7) is 1.45. The van der Waals surface area contributed by atoms with Crippen LogP contribution >= 0.6 is 22.6 Å². The van der Waals surface area contributed by atoms with Gasteiger partial charge in [0.1, 0.15) is 12.3 Å². The number of methoxy groups -OCH3 is 1. The Kier molecular flexibility index (Phi) is 6.99. The summed E-state index contributed by atoms with van der Waals surface area (Å²) < 4.78 is 34.4. The second kappa shape index (κ2) is 9.48. The lowest BCUT2D eigenvalue weighted by molar-refractivity contribution is -0.114. The van der Waals surface area contributed by atoms with Crippen molar-refractivity contribution in [2.75, 3.05) is 23.3 Å². The first-order chi connectivity index (χ1) is 14.3. The number of nitrogens with one attached hydrogen (secondary N) is 1. The van der Waals surface area contributed by atoms with Gasteiger partial charge in [0.25, 0.3) is 10.0 Å². The van der Waals surface area contributed by atoms with Crippen molar-refractivity contribution in [3.8, 4) is 5.75 Å². The number of benzene rings is 3. The van der Waals surface area contributed by atoms with Crippen molar-refractivity contribution in [1.29, 1.82) is 0 Å². The van der Waals surface area contributed by atoms with Crippen molar-refractivity contribution in [1.82, 2.24) is 0 Å². The van der Waals surface area contributed by atoms with E-state index in [2.05, 4.69) is 27.9 Å². The van der Waals surface area contributed by atoms with E-state index in [0.29, 0.717) is 17.1 Å². The Hall–Kier alpha value is -2.59. The molecule has 30 heavy (non-hydrogen) atoms. The standard InChI is InChI=1S/C22H21IN2O4S/c1-16-8-13-21(29-2)20(14-16)25(30(27,28)19-6-4-3-5-7-19)15-22(26)24-18-11-9-17(23)10-12-18/h3-14H,15H2,1-2H3,(H,24,26). The molecule has 0 atom stereocenters. The molecule has 3 aromatic rings. The number of aryl methyl sites for hydroxylation is 1. The molecule has 0 aromatic heterocycles. The lowest BCUT2D eigenvalue weighted by atomic mass is 10.2. The minimum Gasteiger partial charge on any atom is -0.495 e. The Labute approximate surface area is 190 Å². The van der Waals surface area contributed by atoms with Crippen molar-refractivity contribution in [3.63, 3.8) is 0 Å². The van der Waals surface area contributed by atoms with Crippen LogP contribution in [0.5, 0.6) is 5.75 Å². The van der Waals surface area contributed by atoms with Crippen LogP contribution < -0.4 is 14.4 Å². The maximum absolute atomic E-state index is 13.4. The van der Waals surface area contributed by atoms with E-state index in [1.54, 1.807) is 42.5 Å². The first-order valence-corrected chi connectivity index (χ1v) is 11.6. The lowest BCUT2D eigenvalue weighted by Crippen LogP contribution is -2.38. The van der Waals surface area contributed by atoms with Crippen LogP contribution in [0.3, 0.4) is 0 Å². The Morgan fingerprint density at radius 3 is 2.33 bits per heavy atom. The fourth-order valence-corrected chi connectivity index (χ4v) is 4.68. The van der Waals surface area contributed by atoms with Crippen LogP contribution in [0.15, 0.2) is 77.7 Å². The minimum absolute atomic E-state index is 0.0932. The highest BCUT2D eigenvalue weighted by Gasteiger charge is 2.29. The van der Waals surface area contributed by atoms with E-state index in [4.69, 9.17) is 4.74 Å². The summed E-state index contributed by atoms with van der Waals surface area (Å²) >= 11 is 2.17. The van der Waals surface area contributed by atoms with Gasteiger partial charge < -0.3 is 10.1 Å². The van der Waals surface area contributed by atoms with Gasteiger partial charge >= 0.3 is 0 Å². The fourth-order valence-electron chi connectivity index (χ4n) is 2.88. The predicted molar refractivity (Wildman–Crippen MR) is 126 cm³/mol. The number of halogens is 1. The van der Waals surface area contributed by atoms with Crippen LogP contribution in [0.4, 0.5) is 11.4 Å². The first kappa shape index (κ1) is 22.1. The van der Waals surface area contributed by atoms with Gasteiger partial charge in [0.15, 0.2) is 0 Å². The second-order valence-corrected chi connectivity index (χ2v) is 9.66. The third-order valence-corrected chi connectivity index (χ3v) is 6.84. The highest BCUT2D eigenvalue weighted by atomic mass is 127. The predicted octanol–water partition coefficient (Wildman–Crippen LogP) is 4.44. The molecule has 0 spiro atoms. The Bertz CT molecular complexity index is 1130. The Morgan fingerprint density at radius 1 is 1.03 bits per heavy atom. The highest BCUT2D eigenvalue weighted by Crippen LogP contribution is 2.33. The van der Waals surface area contributed by atoms with Crippen LogP contribution in [0.25, 0.3) is 0 Å². The molecule has 1 amide bonds. The maximum Gasteiger partial charge on any atom is 0.264 e. The van der Waals surface area contributed by atoms with Crippen molar-refractivity contribution in [3.05, 3.63) is 81.9 Å². The molecule has 0 radical (unpaired) electrons. The van der Waals surface area contributed by atoms with E-state index >= 15 is 0 Å². The van der Waals surface area contributed by atoms with Crippen LogP contribution in [-0.4, -0.2) is 28.0 Å². The molecule has 0 fully saturated rings. The van der Waals surface area contributed by atoms with Gasteiger partial charge in [-0.15, -0.1) is 0 Å². The van der Waals surface area contributed by atoms with E-state index in [1.165, 1.54) is 19.2 Å². The number of carbonyl (C=O) groups excluding carboxylic acids is 1. The molecule has 3 rings (SSSR count). The first-order valence-electron chi connectivity index (χ1n) is 9.09. The zero-order valence-corrected chi connectivity index (χ0v) is 19.5. The number of sulfonamides is 1. The molecule has 6 nitrogen and oxygen atoms in total. The van der Waals surface area contributed by atoms with Crippen molar-refractivity contribution in [2.45, 2.75) is 11.8 Å². The summed E-state index contributed by atoms with van der Waals surface area (Å²) in [4.78, 5) is 12.9. The van der Waals surface area contributed by atoms with Gasteiger partial charge in [-0.25, -0.2) is 8.42 Å². The Morgan fingerprint density at radius 2 is 1.70 bits per heavy atom. The van der Waals surface area contributed by atoms with Gasteiger partial charge in [0.05, 0.1) is 17.7 Å². The van der Waals surface area contributed by atoms with Crippen LogP contribution in [0.1, 0.15) is 5.56 Å². The molecule has 0 saturated carbocycles. The zero-order valence-electron chi connectivity index (χ0n) is 16.5. The van der Waals surface area contributed by atoms with Crippen LogP contribution in [0, 0.1) is 10.5 Å². The Balaban J connectivity index is 2.01. The molecule has 1 N–H and O–H groups in total. The summed E-state index contributed by atoms with van der Waals surface area (Å²) in [5.41, 5.74) is 1.74. The lowest BCUT2D eigenvalue weighted by Gasteiger charge is -2.26. The van der Waals surface area contributed by atoms with E-state index < -0.39 is 22.5 Å². The smallest absolute Gasteiger partial charge is 0.264 e. The summed E-state index contributed by atoms with van der Waals surface area (Å²) in [6.07, 6.45) is 0. The van der Waals surface area contributed by atoms with Gasteiger partial charge in [-0.2, -0.15) is 0 Å². The van der Waals surface area contributed by atoms with Crippen molar-refractivity contribution < 1.29 is 17.9 Å². The van der Waals surface area contributed by atoms with Gasteiger partial charge in [0, 0.05) is 9.26 Å². The largest absolute Gasteiger partial charge is 0.495 e. The van der Waals surface area contributed by atoms with Crippen LogP contribution in [0.2, 0.25) is 0 Å². The molecule has 0 saturated heterocycles. The third-order valence-electron chi connectivity index (χ3n) is 4.35. The summed E-state index contributed by atoms with van der Waals surface area (Å²) in [6, 6.07) is 20.5. The van der Waals surface area contributed by atoms with Gasteiger partial charge in [-0.05, 0) is 83.6 Å². The summed E-state index contributed by atoms with van der Waals surface area (Å²) in [5, 5.41) is 2.76. The second-order valence-electron chi connectivity index (χ2n) is 6.56. The molecule has 3 aromatic carbocycles. The number of nitrogens with zero attached hydrogens (tertiary/aromatic N) is 1. The summed E-state index contributed by atoms with van der Waals surface area (Å²) in [7, 11) is -2.54. The van der Waals surface area contributed by atoms with E-state index in [1.807, 2.05) is 25.1 Å². The zero-order chi connectivity index (χ0) is 21.7. The van der Waals surface area contributed by atoms with E-state index in [-0.39, 0.29) is 4.90 Å².